The molecule has 1 saturated heterocycles. The Labute approximate surface area is 212 Å². The lowest BCUT2D eigenvalue weighted by Crippen LogP contribution is -2.46. The number of phenols is 1. The summed E-state index contributed by atoms with van der Waals surface area (Å²) in [5.41, 5.74) is 4.13. The molecule has 6 nitrogen and oxygen atoms in total. The van der Waals surface area contributed by atoms with Gasteiger partial charge in [0.05, 0.1) is 16.8 Å². The van der Waals surface area contributed by atoms with E-state index in [4.69, 9.17) is 4.42 Å². The number of rotatable bonds is 5. The van der Waals surface area contributed by atoms with Crippen LogP contribution in [-0.2, 0) is 6.54 Å². The van der Waals surface area contributed by atoms with Gasteiger partial charge in [0.1, 0.15) is 16.3 Å². The van der Waals surface area contributed by atoms with Gasteiger partial charge in [-0.15, -0.1) is 11.3 Å². The van der Waals surface area contributed by atoms with Crippen LogP contribution in [0.25, 0.3) is 32.8 Å². The molecule has 0 spiro atoms. The molecule has 1 aliphatic rings. The minimum absolute atomic E-state index is 0.143. The van der Waals surface area contributed by atoms with Crippen LogP contribution in [0, 0.1) is 0 Å². The molecule has 0 unspecified atom stereocenters. The minimum atomic E-state index is -0.447. The van der Waals surface area contributed by atoms with E-state index in [0.29, 0.717) is 28.3 Å². The van der Waals surface area contributed by atoms with Gasteiger partial charge in [-0.1, -0.05) is 48.5 Å². The van der Waals surface area contributed by atoms with Gasteiger partial charge in [-0.2, -0.15) is 0 Å². The fraction of sp³-hybridized carbons (Fsp3) is 0.172. The standard InChI is InChI=1S/C29H25N3O3S/c33-26-12-11-21-17-23(28-30-25(19-36-28)20-7-3-1-4-8-20)29(34)35-27(21)24(26)18-31-13-15-32(16-14-31)22-9-5-2-6-10-22/h1-12,17,19,33H,13-16,18H2. The quantitative estimate of drug-likeness (QED) is 0.320. The van der Waals surface area contributed by atoms with E-state index < -0.39 is 5.63 Å². The Kier molecular flexibility index (Phi) is 6.01. The summed E-state index contributed by atoms with van der Waals surface area (Å²) in [6.45, 7) is 4.03. The normalized spacial score (nSPS) is 14.4. The summed E-state index contributed by atoms with van der Waals surface area (Å²) in [5.74, 6) is 0.143. The van der Waals surface area contributed by atoms with E-state index in [0.717, 1.165) is 42.8 Å². The van der Waals surface area contributed by atoms with Crippen molar-refractivity contribution in [3.05, 3.63) is 100 Å². The number of aromatic hydroxyl groups is 1. The molecular weight excluding hydrogens is 470 g/mol. The molecule has 3 aromatic carbocycles. The van der Waals surface area contributed by atoms with Crippen molar-refractivity contribution in [1.82, 2.24) is 9.88 Å². The zero-order valence-corrected chi connectivity index (χ0v) is 20.4. The van der Waals surface area contributed by atoms with Gasteiger partial charge in [-0.25, -0.2) is 9.78 Å². The van der Waals surface area contributed by atoms with Crippen molar-refractivity contribution in [3.63, 3.8) is 0 Å². The summed E-state index contributed by atoms with van der Waals surface area (Å²) in [4.78, 5) is 22.4. The number of hydrogen-bond acceptors (Lipinski definition) is 7. The average molecular weight is 496 g/mol. The van der Waals surface area contributed by atoms with Gasteiger partial charge in [0.15, 0.2) is 0 Å². The van der Waals surface area contributed by atoms with Gasteiger partial charge in [-0.05, 0) is 30.3 Å². The van der Waals surface area contributed by atoms with Crippen molar-refractivity contribution in [2.45, 2.75) is 6.54 Å². The summed E-state index contributed by atoms with van der Waals surface area (Å²) < 4.78 is 5.82. The molecule has 1 aliphatic heterocycles. The third kappa shape index (κ3) is 4.39. The number of anilines is 1. The van der Waals surface area contributed by atoms with Gasteiger partial charge in [0.25, 0.3) is 0 Å². The number of fused-ring (bicyclic) bond motifs is 1. The molecule has 0 aliphatic carbocycles. The molecule has 7 heteroatoms. The van der Waals surface area contributed by atoms with Crippen LogP contribution in [-0.4, -0.2) is 41.2 Å². The molecule has 1 fully saturated rings. The molecule has 6 rings (SSSR count). The Morgan fingerprint density at radius 2 is 1.64 bits per heavy atom. The van der Waals surface area contributed by atoms with E-state index in [-0.39, 0.29) is 5.75 Å². The molecule has 36 heavy (non-hydrogen) atoms. The first-order valence-electron chi connectivity index (χ1n) is 12.0. The number of benzene rings is 3. The fourth-order valence-corrected chi connectivity index (χ4v) is 5.53. The summed E-state index contributed by atoms with van der Waals surface area (Å²) >= 11 is 1.42. The largest absolute Gasteiger partial charge is 0.507 e. The predicted octanol–water partition coefficient (Wildman–Crippen LogP) is 5.61. The molecule has 0 bridgehead atoms. The fourth-order valence-electron chi connectivity index (χ4n) is 4.70. The molecule has 0 saturated carbocycles. The van der Waals surface area contributed by atoms with Crippen LogP contribution < -0.4 is 10.5 Å². The maximum Gasteiger partial charge on any atom is 0.346 e. The van der Waals surface area contributed by atoms with Gasteiger partial charge < -0.3 is 14.4 Å². The average Bonchev–Trinajstić information content (AvgIpc) is 3.42. The lowest BCUT2D eigenvalue weighted by Gasteiger charge is -2.36. The lowest BCUT2D eigenvalue weighted by atomic mass is 10.1. The first-order valence-corrected chi connectivity index (χ1v) is 12.9. The maximum atomic E-state index is 13.0. The molecule has 5 aromatic rings. The van der Waals surface area contributed by atoms with E-state index in [2.05, 4.69) is 39.0 Å². The Hall–Kier alpha value is -3.94. The van der Waals surface area contributed by atoms with E-state index >= 15 is 0 Å². The third-order valence-electron chi connectivity index (χ3n) is 6.66. The SMILES string of the molecule is O=c1oc2c(CN3CCN(c4ccccc4)CC3)c(O)ccc2cc1-c1nc(-c2ccccc2)cs1. The van der Waals surface area contributed by atoms with E-state index in [1.54, 1.807) is 12.1 Å². The number of para-hydroxylation sites is 1. The zero-order valence-electron chi connectivity index (χ0n) is 19.6. The van der Waals surface area contributed by atoms with Crippen molar-refractivity contribution in [2.24, 2.45) is 0 Å². The highest BCUT2D eigenvalue weighted by Crippen LogP contribution is 2.32. The molecule has 1 N–H and O–H groups in total. The van der Waals surface area contributed by atoms with Crippen molar-refractivity contribution >= 4 is 28.0 Å². The Bertz CT molecular complexity index is 1560. The minimum Gasteiger partial charge on any atom is -0.507 e. The van der Waals surface area contributed by atoms with Crippen LogP contribution in [0.3, 0.4) is 0 Å². The summed E-state index contributed by atoms with van der Waals surface area (Å²) in [7, 11) is 0. The Morgan fingerprint density at radius 1 is 0.917 bits per heavy atom. The van der Waals surface area contributed by atoms with Crippen LogP contribution in [0.4, 0.5) is 5.69 Å². The summed E-state index contributed by atoms with van der Waals surface area (Å²) in [6, 6.07) is 25.6. The van der Waals surface area contributed by atoms with Gasteiger partial charge in [0.2, 0.25) is 0 Å². The van der Waals surface area contributed by atoms with Gasteiger partial charge in [0, 0.05) is 54.7 Å². The topological polar surface area (TPSA) is 69.8 Å². The first kappa shape index (κ1) is 22.5. The van der Waals surface area contributed by atoms with Crippen LogP contribution in [0.5, 0.6) is 5.75 Å². The summed E-state index contributed by atoms with van der Waals surface area (Å²) in [5, 5.41) is 14.0. The van der Waals surface area contributed by atoms with E-state index in [1.807, 2.05) is 47.8 Å². The molecular formula is C29H25N3O3S. The first-order chi connectivity index (χ1) is 17.7. The number of piperazine rings is 1. The number of thiazole rings is 1. The Balaban J connectivity index is 1.26. The second-order valence-corrected chi connectivity index (χ2v) is 9.79. The third-order valence-corrected chi connectivity index (χ3v) is 7.54. The van der Waals surface area contributed by atoms with Gasteiger partial charge >= 0.3 is 5.63 Å². The number of phenolic OH excluding ortho intramolecular Hbond substituents is 1. The molecule has 0 amide bonds. The smallest absolute Gasteiger partial charge is 0.346 e. The van der Waals surface area contributed by atoms with E-state index in [1.165, 1.54) is 17.0 Å². The summed E-state index contributed by atoms with van der Waals surface area (Å²) in [6.07, 6.45) is 0. The Morgan fingerprint density at radius 3 is 2.39 bits per heavy atom. The zero-order chi connectivity index (χ0) is 24.5. The number of nitrogens with zero attached hydrogens (tertiary/aromatic N) is 3. The van der Waals surface area contributed by atoms with Crippen molar-refractivity contribution in [2.75, 3.05) is 31.1 Å². The van der Waals surface area contributed by atoms with Crippen LogP contribution in [0.15, 0.2) is 93.5 Å². The van der Waals surface area contributed by atoms with Crippen LogP contribution >= 0.6 is 11.3 Å². The van der Waals surface area contributed by atoms with Crippen molar-refractivity contribution in [3.8, 4) is 27.6 Å². The molecule has 2 aromatic heterocycles. The molecule has 0 atom stereocenters. The van der Waals surface area contributed by atoms with Crippen molar-refractivity contribution < 1.29 is 9.52 Å². The van der Waals surface area contributed by atoms with E-state index in [9.17, 15) is 9.90 Å². The second kappa shape index (κ2) is 9.60. The highest BCUT2D eigenvalue weighted by Gasteiger charge is 2.21. The van der Waals surface area contributed by atoms with Crippen molar-refractivity contribution in [1.29, 1.82) is 0 Å². The number of aromatic nitrogens is 1. The lowest BCUT2D eigenvalue weighted by molar-refractivity contribution is 0.246. The molecule has 180 valence electrons. The van der Waals surface area contributed by atoms with Crippen LogP contribution in [0.1, 0.15) is 5.56 Å². The monoisotopic (exact) mass is 495 g/mol. The maximum absolute atomic E-state index is 13.0. The number of hydrogen-bond donors (Lipinski definition) is 1. The van der Waals surface area contributed by atoms with Gasteiger partial charge in [-0.3, -0.25) is 4.90 Å². The predicted molar refractivity (Wildman–Crippen MR) is 145 cm³/mol. The second-order valence-electron chi connectivity index (χ2n) is 8.93. The van der Waals surface area contributed by atoms with Crippen LogP contribution in [0.2, 0.25) is 0 Å². The highest BCUT2D eigenvalue weighted by atomic mass is 32.1. The molecule has 3 heterocycles. The highest BCUT2D eigenvalue weighted by molar-refractivity contribution is 7.13. The molecule has 0 radical (unpaired) electrons.